The van der Waals surface area contributed by atoms with Gasteiger partial charge in [-0.15, -0.1) is 16.4 Å². The highest BCUT2D eigenvalue weighted by molar-refractivity contribution is 7.09. The summed E-state index contributed by atoms with van der Waals surface area (Å²) in [6, 6.07) is 9.66. The van der Waals surface area contributed by atoms with Gasteiger partial charge in [-0.25, -0.2) is 9.67 Å². The van der Waals surface area contributed by atoms with Gasteiger partial charge in [-0.3, -0.25) is 0 Å². The Labute approximate surface area is 120 Å². The molecule has 102 valence electrons. The van der Waals surface area contributed by atoms with Gasteiger partial charge in [0.25, 0.3) is 0 Å². The number of hydrogen-bond donors (Lipinski definition) is 1. The summed E-state index contributed by atoms with van der Waals surface area (Å²) in [5.74, 6) is 0. The first-order chi connectivity index (χ1) is 9.81. The molecule has 1 unspecified atom stereocenters. The van der Waals surface area contributed by atoms with E-state index in [1.165, 1.54) is 11.3 Å². The number of aliphatic hydroxyl groups excluding tert-OH is 1. The molecule has 0 aliphatic heterocycles. The van der Waals surface area contributed by atoms with Crippen molar-refractivity contribution in [3.05, 3.63) is 52.6 Å². The molecule has 0 radical (unpaired) electrons. The number of benzene rings is 1. The van der Waals surface area contributed by atoms with E-state index in [4.69, 9.17) is 0 Å². The fourth-order valence-electron chi connectivity index (χ4n) is 2.19. The van der Waals surface area contributed by atoms with Crippen LogP contribution in [0.2, 0.25) is 0 Å². The van der Waals surface area contributed by atoms with E-state index >= 15 is 0 Å². The van der Waals surface area contributed by atoms with Crippen molar-refractivity contribution in [3.8, 4) is 11.3 Å². The van der Waals surface area contributed by atoms with Crippen LogP contribution in [-0.4, -0.2) is 31.7 Å². The molecule has 0 bridgehead atoms. The number of thiazole rings is 1. The maximum atomic E-state index is 9.76. The Balaban J connectivity index is 2.07. The van der Waals surface area contributed by atoms with Crippen LogP contribution in [0.4, 0.5) is 0 Å². The highest BCUT2D eigenvalue weighted by atomic mass is 32.1. The van der Waals surface area contributed by atoms with Crippen molar-refractivity contribution in [2.45, 2.75) is 13.0 Å². The first-order valence-electron chi connectivity index (χ1n) is 6.27. The molecule has 0 fully saturated rings. The van der Waals surface area contributed by atoms with Crippen LogP contribution in [0.1, 0.15) is 16.6 Å². The fraction of sp³-hybridized carbons (Fsp3) is 0.214. The summed E-state index contributed by atoms with van der Waals surface area (Å²) < 4.78 is 1.76. The minimum Gasteiger partial charge on any atom is -0.394 e. The third kappa shape index (κ3) is 2.23. The van der Waals surface area contributed by atoms with Crippen molar-refractivity contribution in [1.29, 1.82) is 0 Å². The zero-order valence-corrected chi connectivity index (χ0v) is 11.8. The number of aryl methyl sites for hydroxylation is 1. The van der Waals surface area contributed by atoms with Crippen LogP contribution in [0.3, 0.4) is 0 Å². The van der Waals surface area contributed by atoms with Crippen LogP contribution < -0.4 is 0 Å². The maximum Gasteiger partial charge on any atom is 0.113 e. The lowest BCUT2D eigenvalue weighted by molar-refractivity contribution is 0.241. The first kappa shape index (κ1) is 13.0. The monoisotopic (exact) mass is 286 g/mol. The van der Waals surface area contributed by atoms with Gasteiger partial charge >= 0.3 is 0 Å². The van der Waals surface area contributed by atoms with Gasteiger partial charge in [-0.1, -0.05) is 35.5 Å². The fourth-order valence-corrected chi connectivity index (χ4v) is 3.07. The highest BCUT2D eigenvalue weighted by Crippen LogP contribution is 2.28. The van der Waals surface area contributed by atoms with Crippen molar-refractivity contribution in [3.63, 3.8) is 0 Å². The molecule has 20 heavy (non-hydrogen) atoms. The van der Waals surface area contributed by atoms with Crippen molar-refractivity contribution in [2.75, 3.05) is 6.61 Å². The maximum absolute atomic E-state index is 9.76. The number of aromatic nitrogens is 4. The van der Waals surface area contributed by atoms with Crippen LogP contribution in [0.25, 0.3) is 11.3 Å². The molecule has 2 aromatic heterocycles. The van der Waals surface area contributed by atoms with Gasteiger partial charge in [-0.05, 0) is 6.92 Å². The van der Waals surface area contributed by atoms with Crippen LogP contribution in [0.15, 0.2) is 42.0 Å². The van der Waals surface area contributed by atoms with Crippen LogP contribution in [0.5, 0.6) is 0 Å². The number of nitrogens with zero attached hydrogens (tertiary/aromatic N) is 4. The lowest BCUT2D eigenvalue weighted by Gasteiger charge is -2.16. The van der Waals surface area contributed by atoms with Crippen molar-refractivity contribution < 1.29 is 5.11 Å². The predicted octanol–water partition coefficient (Wildman–Crippen LogP) is 2.29. The molecule has 5 nitrogen and oxygen atoms in total. The highest BCUT2D eigenvalue weighted by Gasteiger charge is 2.21. The van der Waals surface area contributed by atoms with Gasteiger partial charge in [0, 0.05) is 5.56 Å². The molecule has 1 atom stereocenters. The molecule has 0 saturated carbocycles. The SMILES string of the molecule is Cc1ncsc1C(CO)n1nncc1-c1ccccc1. The molecule has 2 heterocycles. The van der Waals surface area contributed by atoms with Gasteiger partial charge in [0.05, 0.1) is 34.6 Å². The Bertz CT molecular complexity index is 692. The van der Waals surface area contributed by atoms with Crippen LogP contribution in [0, 0.1) is 6.92 Å². The van der Waals surface area contributed by atoms with Crippen LogP contribution in [-0.2, 0) is 0 Å². The van der Waals surface area contributed by atoms with Gasteiger partial charge < -0.3 is 5.11 Å². The molecular weight excluding hydrogens is 272 g/mol. The summed E-state index contributed by atoms with van der Waals surface area (Å²) in [5.41, 5.74) is 4.62. The van der Waals surface area contributed by atoms with Crippen molar-refractivity contribution in [1.82, 2.24) is 20.0 Å². The lowest BCUT2D eigenvalue weighted by atomic mass is 10.1. The zero-order valence-electron chi connectivity index (χ0n) is 11.0. The van der Waals surface area contributed by atoms with E-state index in [0.717, 1.165) is 21.8 Å². The molecule has 0 amide bonds. The minimum absolute atomic E-state index is 0.0355. The van der Waals surface area contributed by atoms with E-state index in [-0.39, 0.29) is 12.6 Å². The number of hydrogen-bond acceptors (Lipinski definition) is 5. The van der Waals surface area contributed by atoms with E-state index in [2.05, 4.69) is 15.3 Å². The second-order valence-corrected chi connectivity index (χ2v) is 5.32. The summed E-state index contributed by atoms with van der Waals surface area (Å²) in [5, 5.41) is 17.9. The largest absolute Gasteiger partial charge is 0.394 e. The third-order valence-corrected chi connectivity index (χ3v) is 4.23. The summed E-state index contributed by atoms with van der Waals surface area (Å²) in [6.07, 6.45) is 1.72. The molecule has 3 aromatic rings. The van der Waals surface area contributed by atoms with Gasteiger partial charge in [-0.2, -0.15) is 0 Å². The van der Waals surface area contributed by atoms with Gasteiger partial charge in [0.1, 0.15) is 6.04 Å². The smallest absolute Gasteiger partial charge is 0.113 e. The summed E-state index contributed by atoms with van der Waals surface area (Å²) in [4.78, 5) is 5.25. The lowest BCUT2D eigenvalue weighted by Crippen LogP contribution is -2.17. The second kappa shape index (κ2) is 5.52. The Morgan fingerprint density at radius 1 is 1.30 bits per heavy atom. The summed E-state index contributed by atoms with van der Waals surface area (Å²) in [6.45, 7) is 1.90. The molecule has 1 N–H and O–H groups in total. The summed E-state index contributed by atoms with van der Waals surface area (Å²) in [7, 11) is 0. The zero-order chi connectivity index (χ0) is 13.9. The van der Waals surface area contributed by atoms with Crippen LogP contribution >= 0.6 is 11.3 Å². The predicted molar refractivity (Wildman–Crippen MR) is 77.5 cm³/mol. The van der Waals surface area contributed by atoms with E-state index in [9.17, 15) is 5.11 Å². The Morgan fingerprint density at radius 3 is 2.75 bits per heavy atom. The van der Waals surface area contributed by atoms with E-state index in [1.807, 2.05) is 37.3 Å². The molecule has 1 aromatic carbocycles. The topological polar surface area (TPSA) is 63.8 Å². The standard InChI is InChI=1S/C14H14N4OS/c1-10-14(20-9-15-10)13(8-19)18-12(7-16-17-18)11-5-3-2-4-6-11/h2-7,9,13,19H,8H2,1H3. The third-order valence-electron chi connectivity index (χ3n) is 3.20. The van der Waals surface area contributed by atoms with E-state index < -0.39 is 0 Å². The summed E-state index contributed by atoms with van der Waals surface area (Å²) >= 11 is 1.52. The minimum atomic E-state index is -0.250. The van der Waals surface area contributed by atoms with Gasteiger partial charge in [0.15, 0.2) is 0 Å². The Morgan fingerprint density at radius 2 is 2.10 bits per heavy atom. The Hall–Kier alpha value is -2.05. The molecule has 0 aliphatic carbocycles. The Kier molecular flexibility index (Phi) is 3.58. The average Bonchev–Trinajstić information content (AvgIpc) is 3.11. The average molecular weight is 286 g/mol. The van der Waals surface area contributed by atoms with E-state index in [0.29, 0.717) is 0 Å². The van der Waals surface area contributed by atoms with Crippen molar-refractivity contribution >= 4 is 11.3 Å². The van der Waals surface area contributed by atoms with Crippen molar-refractivity contribution in [2.24, 2.45) is 0 Å². The van der Waals surface area contributed by atoms with Gasteiger partial charge in [0.2, 0.25) is 0 Å². The van der Waals surface area contributed by atoms with E-state index in [1.54, 1.807) is 16.4 Å². The molecule has 0 spiro atoms. The number of aliphatic hydroxyl groups is 1. The second-order valence-electron chi connectivity index (χ2n) is 4.43. The quantitative estimate of drug-likeness (QED) is 0.799. The molecular formula is C14H14N4OS. The number of rotatable bonds is 4. The normalized spacial score (nSPS) is 12.5. The molecule has 6 heteroatoms. The first-order valence-corrected chi connectivity index (χ1v) is 7.15. The molecule has 0 saturated heterocycles. The molecule has 0 aliphatic rings. The molecule has 3 rings (SSSR count).